The molecule has 3 N–H and O–H groups in total. The van der Waals surface area contributed by atoms with Gasteiger partial charge in [-0.05, 0) is 50.2 Å². The van der Waals surface area contributed by atoms with E-state index in [9.17, 15) is 14.9 Å². The Morgan fingerprint density at radius 2 is 1.97 bits per heavy atom. The number of anilines is 3. The van der Waals surface area contributed by atoms with E-state index in [1.165, 1.54) is 6.07 Å². The highest BCUT2D eigenvalue weighted by atomic mass is 16.6. The van der Waals surface area contributed by atoms with Crippen molar-refractivity contribution in [1.82, 2.24) is 15.3 Å². The van der Waals surface area contributed by atoms with Crippen LogP contribution in [0.25, 0.3) is 0 Å². The van der Waals surface area contributed by atoms with Crippen molar-refractivity contribution < 1.29 is 9.72 Å². The van der Waals surface area contributed by atoms with E-state index in [1.54, 1.807) is 25.3 Å². The fourth-order valence-electron chi connectivity index (χ4n) is 3.72. The summed E-state index contributed by atoms with van der Waals surface area (Å²) in [5.41, 5.74) is 0.775. The molecular formula is C21H29N7O3. The van der Waals surface area contributed by atoms with E-state index < -0.39 is 11.0 Å². The van der Waals surface area contributed by atoms with E-state index in [4.69, 9.17) is 0 Å². The number of hydrogen-bond acceptors (Lipinski definition) is 7. The maximum atomic E-state index is 12.3. The smallest absolute Gasteiger partial charge is 0.319 e. The molecule has 166 valence electrons. The first-order valence-corrected chi connectivity index (χ1v) is 10.4. The predicted molar refractivity (Wildman–Crippen MR) is 121 cm³/mol. The van der Waals surface area contributed by atoms with Gasteiger partial charge in [0.25, 0.3) is 5.69 Å². The van der Waals surface area contributed by atoms with Gasteiger partial charge in [0, 0.05) is 38.9 Å². The number of nitrogens with one attached hydrogen (secondary N) is 3. The van der Waals surface area contributed by atoms with Crippen LogP contribution in [0.4, 0.5) is 27.9 Å². The average molecular weight is 428 g/mol. The zero-order chi connectivity index (χ0) is 22.4. The average Bonchev–Trinajstić information content (AvgIpc) is 2.74. The predicted octanol–water partition coefficient (Wildman–Crippen LogP) is 3.55. The number of carbonyl (C=O) groups is 1. The van der Waals surface area contributed by atoms with Crippen molar-refractivity contribution in [3.8, 4) is 0 Å². The van der Waals surface area contributed by atoms with Gasteiger partial charge in [-0.1, -0.05) is 12.1 Å². The quantitative estimate of drug-likeness (QED) is 0.456. The van der Waals surface area contributed by atoms with Crippen molar-refractivity contribution in [3.05, 3.63) is 46.1 Å². The molecule has 1 saturated carbocycles. The van der Waals surface area contributed by atoms with Crippen LogP contribution in [0.5, 0.6) is 0 Å². The number of amides is 2. The lowest BCUT2D eigenvalue weighted by atomic mass is 9.86. The van der Waals surface area contributed by atoms with E-state index in [0.717, 1.165) is 31.5 Å². The molecule has 1 aliphatic carbocycles. The summed E-state index contributed by atoms with van der Waals surface area (Å²) in [6.45, 7) is 2.26. The van der Waals surface area contributed by atoms with Crippen LogP contribution in [0, 0.1) is 23.0 Å². The summed E-state index contributed by atoms with van der Waals surface area (Å²) >= 11 is 0. The minimum atomic E-state index is -0.491. The van der Waals surface area contributed by atoms with Gasteiger partial charge < -0.3 is 20.9 Å². The van der Waals surface area contributed by atoms with Crippen LogP contribution < -0.4 is 20.9 Å². The number of benzene rings is 1. The van der Waals surface area contributed by atoms with Gasteiger partial charge in [0.05, 0.1) is 4.92 Å². The number of carbonyl (C=O) groups excluding carboxylic acids is 1. The zero-order valence-electron chi connectivity index (χ0n) is 18.1. The number of nitro benzene ring substituents is 1. The maximum Gasteiger partial charge on any atom is 0.319 e. The summed E-state index contributed by atoms with van der Waals surface area (Å²) in [6.07, 6.45) is 5.61. The Bertz CT molecular complexity index is 927. The van der Waals surface area contributed by atoms with Gasteiger partial charge in [0.1, 0.15) is 11.5 Å². The van der Waals surface area contributed by atoms with E-state index in [-0.39, 0.29) is 11.4 Å². The van der Waals surface area contributed by atoms with Crippen LogP contribution >= 0.6 is 0 Å². The third-order valence-electron chi connectivity index (χ3n) is 5.52. The number of aryl methyl sites for hydroxylation is 1. The zero-order valence-corrected chi connectivity index (χ0v) is 18.1. The molecule has 2 amide bonds. The number of hydrogen-bond donors (Lipinski definition) is 3. The summed E-state index contributed by atoms with van der Waals surface area (Å²) in [7, 11) is 3.88. The lowest BCUT2D eigenvalue weighted by molar-refractivity contribution is -0.383. The molecule has 1 heterocycles. The van der Waals surface area contributed by atoms with Gasteiger partial charge >= 0.3 is 6.03 Å². The Balaban J connectivity index is 1.45. The minimum Gasteiger partial charge on any atom is -0.363 e. The highest BCUT2D eigenvalue weighted by Gasteiger charge is 2.23. The molecule has 0 saturated heterocycles. The van der Waals surface area contributed by atoms with Crippen molar-refractivity contribution in [2.24, 2.45) is 5.92 Å². The highest BCUT2D eigenvalue weighted by molar-refractivity contribution is 5.92. The molecule has 31 heavy (non-hydrogen) atoms. The second-order valence-corrected chi connectivity index (χ2v) is 8.06. The van der Waals surface area contributed by atoms with Crippen molar-refractivity contribution in [1.29, 1.82) is 0 Å². The molecule has 3 rings (SSSR count). The Morgan fingerprint density at radius 1 is 1.23 bits per heavy atom. The maximum absolute atomic E-state index is 12.3. The first-order valence-electron chi connectivity index (χ1n) is 10.4. The van der Waals surface area contributed by atoms with E-state index >= 15 is 0 Å². The molecular weight excluding hydrogens is 398 g/mol. The van der Waals surface area contributed by atoms with Gasteiger partial charge in [-0.2, -0.15) is 4.98 Å². The lowest BCUT2D eigenvalue weighted by Gasteiger charge is -2.29. The monoisotopic (exact) mass is 427 g/mol. The van der Waals surface area contributed by atoms with E-state index in [0.29, 0.717) is 30.0 Å². The SMILES string of the molecule is Cc1cccc([N+](=O)[O-])c1NC(=O)NCC1CCC(Nc2nccc(N(C)C)n2)CC1. The molecule has 0 aliphatic heterocycles. The number of nitro groups is 1. The largest absolute Gasteiger partial charge is 0.363 e. The number of urea groups is 1. The first-order chi connectivity index (χ1) is 14.8. The number of para-hydroxylation sites is 1. The van der Waals surface area contributed by atoms with Crippen LogP contribution in [0.2, 0.25) is 0 Å². The lowest BCUT2D eigenvalue weighted by Crippen LogP contribution is -2.36. The Morgan fingerprint density at radius 3 is 2.65 bits per heavy atom. The number of aromatic nitrogens is 2. The topological polar surface area (TPSA) is 125 Å². The molecule has 10 heteroatoms. The molecule has 1 aliphatic rings. The van der Waals surface area contributed by atoms with Gasteiger partial charge in [0.2, 0.25) is 5.95 Å². The molecule has 0 spiro atoms. The molecule has 0 unspecified atom stereocenters. The summed E-state index contributed by atoms with van der Waals surface area (Å²) < 4.78 is 0. The molecule has 10 nitrogen and oxygen atoms in total. The van der Waals surface area contributed by atoms with Crippen LogP contribution in [0.1, 0.15) is 31.2 Å². The van der Waals surface area contributed by atoms with Crippen LogP contribution in [-0.4, -0.2) is 47.6 Å². The van der Waals surface area contributed by atoms with Crippen LogP contribution in [-0.2, 0) is 0 Å². The fraction of sp³-hybridized carbons (Fsp3) is 0.476. The summed E-state index contributed by atoms with van der Waals surface area (Å²) in [5.74, 6) is 1.85. The van der Waals surface area contributed by atoms with Crippen molar-refractivity contribution in [3.63, 3.8) is 0 Å². The van der Waals surface area contributed by atoms with Gasteiger partial charge in [-0.15, -0.1) is 0 Å². The van der Waals surface area contributed by atoms with Crippen molar-refractivity contribution in [2.75, 3.05) is 36.2 Å². The van der Waals surface area contributed by atoms with Crippen molar-refractivity contribution >= 4 is 29.2 Å². The van der Waals surface area contributed by atoms with Crippen LogP contribution in [0.3, 0.4) is 0 Å². The number of rotatable bonds is 7. The van der Waals surface area contributed by atoms with Gasteiger partial charge in [0.15, 0.2) is 0 Å². The van der Waals surface area contributed by atoms with E-state index in [2.05, 4.69) is 25.9 Å². The Hall–Kier alpha value is -3.43. The fourth-order valence-corrected chi connectivity index (χ4v) is 3.72. The van der Waals surface area contributed by atoms with Crippen LogP contribution in [0.15, 0.2) is 30.5 Å². The Labute approximate surface area is 181 Å². The summed E-state index contributed by atoms with van der Waals surface area (Å²) in [4.78, 5) is 33.7. The third kappa shape index (κ3) is 6.03. The molecule has 1 aromatic heterocycles. The minimum absolute atomic E-state index is 0.109. The molecule has 0 atom stereocenters. The molecule has 2 aromatic rings. The van der Waals surface area contributed by atoms with Crippen molar-refractivity contribution in [2.45, 2.75) is 38.6 Å². The number of nitrogens with zero attached hydrogens (tertiary/aromatic N) is 4. The molecule has 0 bridgehead atoms. The second-order valence-electron chi connectivity index (χ2n) is 8.06. The molecule has 1 fully saturated rings. The highest BCUT2D eigenvalue weighted by Crippen LogP contribution is 2.28. The normalized spacial score (nSPS) is 18.2. The first kappa shape index (κ1) is 22.3. The molecule has 1 aromatic carbocycles. The Kier molecular flexibility index (Phi) is 7.22. The van der Waals surface area contributed by atoms with E-state index in [1.807, 2.05) is 25.1 Å². The third-order valence-corrected chi connectivity index (χ3v) is 5.52. The van der Waals surface area contributed by atoms with Gasteiger partial charge in [-0.3, -0.25) is 10.1 Å². The van der Waals surface area contributed by atoms with Gasteiger partial charge in [-0.25, -0.2) is 9.78 Å². The standard InChI is InChI=1S/C21H29N7O3/c1-14-5-4-6-17(28(30)31)19(14)26-21(29)23-13-15-7-9-16(10-8-15)24-20-22-12-11-18(25-20)27(2)3/h4-6,11-12,15-16H,7-10,13H2,1-3H3,(H,22,24,25)(H2,23,26,29). The molecule has 0 radical (unpaired) electrons. The second kappa shape index (κ2) is 10.1. The summed E-state index contributed by atoms with van der Waals surface area (Å²) in [5, 5.41) is 20.1. The summed E-state index contributed by atoms with van der Waals surface area (Å²) in [6, 6.07) is 6.46.